The van der Waals surface area contributed by atoms with Crippen molar-refractivity contribution in [1.82, 2.24) is 20.2 Å². The molecule has 2 N–H and O–H groups in total. The Morgan fingerprint density at radius 1 is 1.16 bits per heavy atom. The van der Waals surface area contributed by atoms with Gasteiger partial charge in [0.15, 0.2) is 0 Å². The van der Waals surface area contributed by atoms with Gasteiger partial charge in [-0.2, -0.15) is 0 Å². The van der Waals surface area contributed by atoms with Crippen LogP contribution in [0, 0.1) is 5.92 Å². The molecule has 2 aromatic rings. The second-order valence-corrected chi connectivity index (χ2v) is 6.43. The molecule has 2 amide bonds. The van der Waals surface area contributed by atoms with Crippen molar-refractivity contribution in [2.24, 2.45) is 5.92 Å². The highest BCUT2D eigenvalue weighted by molar-refractivity contribution is 6.05. The zero-order valence-electron chi connectivity index (χ0n) is 13.7. The summed E-state index contributed by atoms with van der Waals surface area (Å²) in [5.74, 6) is 0.189. The second kappa shape index (κ2) is 6.60. The van der Waals surface area contributed by atoms with E-state index in [1.54, 1.807) is 30.5 Å². The summed E-state index contributed by atoms with van der Waals surface area (Å²) >= 11 is 0. The van der Waals surface area contributed by atoms with E-state index in [9.17, 15) is 9.59 Å². The summed E-state index contributed by atoms with van der Waals surface area (Å²) in [6.45, 7) is 2.91. The van der Waals surface area contributed by atoms with Gasteiger partial charge in [0.25, 0.3) is 11.8 Å². The predicted molar refractivity (Wildman–Crippen MR) is 92.4 cm³/mol. The van der Waals surface area contributed by atoms with E-state index in [0.717, 1.165) is 25.2 Å². The van der Waals surface area contributed by atoms with E-state index in [1.807, 2.05) is 11.0 Å². The monoisotopic (exact) mass is 337 g/mol. The van der Waals surface area contributed by atoms with Gasteiger partial charge in [-0.1, -0.05) is 6.07 Å². The van der Waals surface area contributed by atoms with Crippen molar-refractivity contribution in [1.29, 1.82) is 0 Å². The first-order valence-corrected chi connectivity index (χ1v) is 8.42. The maximum atomic E-state index is 12.9. The highest BCUT2D eigenvalue weighted by Crippen LogP contribution is 2.16. The van der Waals surface area contributed by atoms with Crippen LogP contribution in [-0.2, 0) is 6.42 Å². The SMILES string of the molecule is O=C1Nc2nccc(n2)CC2CNCCN(C2)C(=O)c2cccc1c2. The van der Waals surface area contributed by atoms with Gasteiger partial charge in [0.2, 0.25) is 5.95 Å². The minimum atomic E-state index is -0.317. The summed E-state index contributed by atoms with van der Waals surface area (Å²) < 4.78 is 0. The number of benzene rings is 1. The number of hydrogen-bond acceptors (Lipinski definition) is 5. The normalized spacial score (nSPS) is 20.6. The van der Waals surface area contributed by atoms with Crippen LogP contribution in [-0.4, -0.2) is 52.9 Å². The molecule has 1 saturated heterocycles. The van der Waals surface area contributed by atoms with Crippen molar-refractivity contribution in [3.63, 3.8) is 0 Å². The van der Waals surface area contributed by atoms with Gasteiger partial charge < -0.3 is 10.2 Å². The Morgan fingerprint density at radius 2 is 2.04 bits per heavy atom. The van der Waals surface area contributed by atoms with E-state index in [2.05, 4.69) is 20.6 Å². The van der Waals surface area contributed by atoms with Crippen molar-refractivity contribution >= 4 is 17.8 Å². The smallest absolute Gasteiger partial charge is 0.258 e. The van der Waals surface area contributed by atoms with Crippen LogP contribution in [0.1, 0.15) is 26.4 Å². The van der Waals surface area contributed by atoms with Crippen molar-refractivity contribution in [3.8, 4) is 0 Å². The van der Waals surface area contributed by atoms with Gasteiger partial charge in [-0.15, -0.1) is 0 Å². The topological polar surface area (TPSA) is 87.2 Å². The number of nitrogens with zero attached hydrogens (tertiary/aromatic N) is 3. The summed E-state index contributed by atoms with van der Waals surface area (Å²) in [5.41, 5.74) is 1.81. The van der Waals surface area contributed by atoms with Gasteiger partial charge >= 0.3 is 0 Å². The Bertz CT molecular complexity index is 823. The Balaban J connectivity index is 1.78. The second-order valence-electron chi connectivity index (χ2n) is 6.43. The quantitative estimate of drug-likeness (QED) is 0.747. The van der Waals surface area contributed by atoms with Crippen LogP contribution in [0.4, 0.5) is 5.95 Å². The van der Waals surface area contributed by atoms with Gasteiger partial charge in [0.1, 0.15) is 0 Å². The molecular weight excluding hydrogens is 318 g/mol. The first-order chi connectivity index (χ1) is 12.2. The molecule has 128 valence electrons. The van der Waals surface area contributed by atoms with Crippen LogP contribution < -0.4 is 10.6 Å². The van der Waals surface area contributed by atoms with E-state index >= 15 is 0 Å². The number of amides is 2. The molecule has 25 heavy (non-hydrogen) atoms. The lowest BCUT2D eigenvalue weighted by Gasteiger charge is -2.24. The summed E-state index contributed by atoms with van der Waals surface area (Å²) in [4.78, 5) is 35.8. The van der Waals surface area contributed by atoms with Gasteiger partial charge in [0, 0.05) is 49.2 Å². The number of carbonyl (C=O) groups is 2. The van der Waals surface area contributed by atoms with Gasteiger partial charge in [-0.3, -0.25) is 14.9 Å². The number of hydrogen-bond donors (Lipinski definition) is 2. The van der Waals surface area contributed by atoms with E-state index in [1.165, 1.54) is 0 Å². The Morgan fingerprint density at radius 3 is 2.96 bits per heavy atom. The number of rotatable bonds is 0. The molecule has 2 aliphatic heterocycles. The number of aromatic nitrogens is 2. The van der Waals surface area contributed by atoms with Crippen molar-refractivity contribution in [2.45, 2.75) is 6.42 Å². The minimum absolute atomic E-state index is 0.0413. The molecule has 1 aromatic heterocycles. The molecule has 0 aliphatic carbocycles. The molecule has 1 unspecified atom stereocenters. The lowest BCUT2D eigenvalue weighted by Crippen LogP contribution is -2.36. The lowest BCUT2D eigenvalue weighted by molar-refractivity contribution is 0.0747. The van der Waals surface area contributed by atoms with Gasteiger partial charge in [-0.05, 0) is 36.6 Å². The third kappa shape index (κ3) is 3.36. The summed E-state index contributed by atoms with van der Waals surface area (Å²) in [5, 5.41) is 6.11. The van der Waals surface area contributed by atoms with Crippen LogP contribution in [0.5, 0.6) is 0 Å². The number of nitrogens with one attached hydrogen (secondary N) is 2. The van der Waals surface area contributed by atoms with Crippen LogP contribution in [0.25, 0.3) is 0 Å². The molecule has 0 radical (unpaired) electrons. The molecule has 0 spiro atoms. The molecule has 4 rings (SSSR count). The Labute approximate surface area is 145 Å². The molecule has 0 saturated carbocycles. The van der Waals surface area contributed by atoms with Crippen molar-refractivity contribution in [2.75, 3.05) is 31.5 Å². The highest BCUT2D eigenvalue weighted by Gasteiger charge is 2.24. The number of carbonyl (C=O) groups excluding carboxylic acids is 2. The molecule has 1 aromatic carbocycles. The number of fused-ring (bicyclic) bond motifs is 6. The molecule has 2 aliphatic rings. The van der Waals surface area contributed by atoms with Crippen LogP contribution in [0.3, 0.4) is 0 Å². The largest absolute Gasteiger partial charge is 0.337 e. The third-order valence-corrected chi connectivity index (χ3v) is 4.57. The Hall–Kier alpha value is -2.80. The summed E-state index contributed by atoms with van der Waals surface area (Å²) in [6.07, 6.45) is 2.38. The van der Waals surface area contributed by atoms with Gasteiger partial charge in [-0.25, -0.2) is 9.97 Å². The van der Waals surface area contributed by atoms with Gasteiger partial charge in [0.05, 0.1) is 0 Å². The van der Waals surface area contributed by atoms with E-state index < -0.39 is 0 Å². The Kier molecular flexibility index (Phi) is 4.15. The zero-order valence-corrected chi connectivity index (χ0v) is 13.7. The fourth-order valence-electron chi connectivity index (χ4n) is 3.32. The van der Waals surface area contributed by atoms with E-state index in [0.29, 0.717) is 24.2 Å². The standard InChI is InChI=1S/C18H19N5O2/c24-16-13-2-1-3-14(9-13)17(25)23-7-6-19-10-12(11-23)8-15-4-5-20-18(21-15)22-16/h1-5,9,12,19H,6-8,10-11H2,(H,20,21,22,24). The average Bonchev–Trinajstić information content (AvgIpc) is 2.86. The maximum Gasteiger partial charge on any atom is 0.258 e. The average molecular weight is 337 g/mol. The molecule has 6 bridgehead atoms. The number of anilines is 1. The summed E-state index contributed by atoms with van der Waals surface area (Å²) in [6, 6.07) is 8.65. The van der Waals surface area contributed by atoms with Crippen molar-refractivity contribution < 1.29 is 9.59 Å². The highest BCUT2D eigenvalue weighted by atomic mass is 16.2. The molecule has 3 heterocycles. The van der Waals surface area contributed by atoms with Crippen LogP contribution >= 0.6 is 0 Å². The lowest BCUT2D eigenvalue weighted by atomic mass is 10.0. The fraction of sp³-hybridized carbons (Fsp3) is 0.333. The van der Waals surface area contributed by atoms with E-state index in [4.69, 9.17) is 0 Å². The minimum Gasteiger partial charge on any atom is -0.337 e. The first-order valence-electron chi connectivity index (χ1n) is 8.42. The molecule has 7 heteroatoms. The zero-order chi connectivity index (χ0) is 17.2. The third-order valence-electron chi connectivity index (χ3n) is 4.57. The predicted octanol–water partition coefficient (Wildman–Crippen LogP) is 0.947. The maximum absolute atomic E-state index is 12.9. The fourth-order valence-corrected chi connectivity index (χ4v) is 3.32. The van der Waals surface area contributed by atoms with Crippen LogP contribution in [0.15, 0.2) is 36.5 Å². The van der Waals surface area contributed by atoms with E-state index in [-0.39, 0.29) is 23.7 Å². The molecule has 1 fully saturated rings. The molecule has 1 atom stereocenters. The summed E-state index contributed by atoms with van der Waals surface area (Å²) in [7, 11) is 0. The van der Waals surface area contributed by atoms with Crippen molar-refractivity contribution in [3.05, 3.63) is 53.3 Å². The molecule has 7 nitrogen and oxygen atoms in total. The first kappa shape index (κ1) is 15.7. The van der Waals surface area contributed by atoms with Crippen LogP contribution in [0.2, 0.25) is 0 Å². The molecular formula is C18H19N5O2.